The second kappa shape index (κ2) is 5.41. The van der Waals surface area contributed by atoms with E-state index in [0.29, 0.717) is 5.56 Å². The van der Waals surface area contributed by atoms with E-state index in [1.165, 1.54) is 16.8 Å². The van der Waals surface area contributed by atoms with Crippen LogP contribution in [-0.2, 0) is 0 Å². The van der Waals surface area contributed by atoms with Crippen LogP contribution in [0.25, 0.3) is 16.6 Å². The van der Waals surface area contributed by atoms with E-state index in [1.807, 2.05) is 6.07 Å². The molecular formula is C14H9F3IN3O. The van der Waals surface area contributed by atoms with Gasteiger partial charge in [-0.15, -0.1) is 13.2 Å². The molecule has 0 N–H and O–H groups in total. The number of nitrogens with zero attached hydrogens (tertiary/aromatic N) is 3. The fourth-order valence-corrected chi connectivity index (χ4v) is 2.65. The summed E-state index contributed by atoms with van der Waals surface area (Å²) in [6.07, 6.45) is -1.37. The monoisotopic (exact) mass is 419 g/mol. The Morgan fingerprint density at radius 1 is 1.14 bits per heavy atom. The Balaban J connectivity index is 2.01. The van der Waals surface area contributed by atoms with Crippen molar-refractivity contribution in [3.63, 3.8) is 0 Å². The Morgan fingerprint density at radius 3 is 2.55 bits per heavy atom. The molecule has 0 aliphatic rings. The Bertz CT molecular complexity index is 845. The highest BCUT2D eigenvalue weighted by Gasteiger charge is 2.31. The van der Waals surface area contributed by atoms with Crippen LogP contribution in [0.4, 0.5) is 13.2 Å². The molecule has 4 nitrogen and oxygen atoms in total. The topological polar surface area (TPSA) is 39.4 Å². The second-order valence-corrected chi connectivity index (χ2v) is 5.80. The Morgan fingerprint density at radius 2 is 1.86 bits per heavy atom. The molecule has 3 rings (SSSR count). The fraction of sp³-hybridized carbons (Fsp3) is 0.143. The van der Waals surface area contributed by atoms with Crippen LogP contribution < -0.4 is 4.74 Å². The first kappa shape index (κ1) is 15.1. The molecule has 8 heteroatoms. The first-order valence-electron chi connectivity index (χ1n) is 6.20. The minimum atomic E-state index is -4.69. The van der Waals surface area contributed by atoms with Gasteiger partial charge in [0.15, 0.2) is 0 Å². The van der Waals surface area contributed by atoms with Gasteiger partial charge in [-0.2, -0.15) is 14.8 Å². The SMILES string of the molecule is Cc1cc(OC(F)(F)F)ccc1-c1cnn2ncc(I)c2c1. The molecule has 0 aliphatic carbocycles. The number of aryl methyl sites for hydroxylation is 1. The summed E-state index contributed by atoms with van der Waals surface area (Å²) in [5.41, 5.74) is 3.11. The number of fused-ring (bicyclic) bond motifs is 1. The largest absolute Gasteiger partial charge is 0.573 e. The minimum absolute atomic E-state index is 0.235. The van der Waals surface area contributed by atoms with Gasteiger partial charge in [0.1, 0.15) is 11.3 Å². The first-order valence-corrected chi connectivity index (χ1v) is 7.28. The summed E-state index contributed by atoms with van der Waals surface area (Å²) < 4.78 is 43.1. The molecule has 0 amide bonds. The number of alkyl halides is 3. The van der Waals surface area contributed by atoms with Gasteiger partial charge in [-0.25, -0.2) is 0 Å². The van der Waals surface area contributed by atoms with Crippen LogP contribution >= 0.6 is 22.6 Å². The van der Waals surface area contributed by atoms with Crippen molar-refractivity contribution in [2.45, 2.75) is 13.3 Å². The minimum Gasteiger partial charge on any atom is -0.406 e. The van der Waals surface area contributed by atoms with Gasteiger partial charge in [0.2, 0.25) is 0 Å². The van der Waals surface area contributed by atoms with Crippen LogP contribution in [0.3, 0.4) is 0 Å². The molecule has 0 atom stereocenters. The summed E-state index contributed by atoms with van der Waals surface area (Å²) in [7, 11) is 0. The zero-order valence-corrected chi connectivity index (χ0v) is 13.4. The molecule has 0 aliphatic heterocycles. The van der Waals surface area contributed by atoms with Crippen molar-refractivity contribution in [1.82, 2.24) is 14.8 Å². The van der Waals surface area contributed by atoms with Crippen molar-refractivity contribution in [2.24, 2.45) is 0 Å². The molecule has 2 heterocycles. The Kier molecular flexibility index (Phi) is 3.71. The standard InChI is InChI=1S/C14H9F3IN3O/c1-8-4-10(22-14(15,16)17)2-3-11(8)9-5-13-12(18)7-20-21(13)19-6-9/h2-7H,1H3. The molecule has 22 heavy (non-hydrogen) atoms. The molecule has 1 aromatic carbocycles. The highest BCUT2D eigenvalue weighted by molar-refractivity contribution is 14.1. The van der Waals surface area contributed by atoms with Crippen molar-refractivity contribution in [2.75, 3.05) is 0 Å². The van der Waals surface area contributed by atoms with Gasteiger partial charge in [0.25, 0.3) is 0 Å². The molecule has 0 fully saturated rings. The number of ether oxygens (including phenoxy) is 1. The normalized spacial score (nSPS) is 11.9. The highest BCUT2D eigenvalue weighted by Crippen LogP contribution is 2.30. The van der Waals surface area contributed by atoms with Gasteiger partial charge in [-0.05, 0) is 58.8 Å². The summed E-state index contributed by atoms with van der Waals surface area (Å²) in [4.78, 5) is 0. The van der Waals surface area contributed by atoms with E-state index < -0.39 is 6.36 Å². The quantitative estimate of drug-likeness (QED) is 0.585. The molecule has 114 valence electrons. The lowest BCUT2D eigenvalue weighted by atomic mass is 10.0. The lowest BCUT2D eigenvalue weighted by Crippen LogP contribution is -2.17. The van der Waals surface area contributed by atoms with E-state index in [4.69, 9.17) is 0 Å². The predicted octanol–water partition coefficient (Wildman–Crippen LogP) is 4.21. The third-order valence-electron chi connectivity index (χ3n) is 3.08. The number of hydrogen-bond donors (Lipinski definition) is 0. The smallest absolute Gasteiger partial charge is 0.406 e. The van der Waals surface area contributed by atoms with Crippen LogP contribution in [0.2, 0.25) is 0 Å². The summed E-state index contributed by atoms with van der Waals surface area (Å²) >= 11 is 2.15. The van der Waals surface area contributed by atoms with Crippen molar-refractivity contribution in [3.8, 4) is 16.9 Å². The molecule has 0 saturated heterocycles. The van der Waals surface area contributed by atoms with Crippen LogP contribution in [-0.4, -0.2) is 21.2 Å². The lowest BCUT2D eigenvalue weighted by molar-refractivity contribution is -0.274. The molecule has 0 unspecified atom stereocenters. The zero-order chi connectivity index (χ0) is 15.9. The maximum absolute atomic E-state index is 12.2. The van der Waals surface area contributed by atoms with Gasteiger partial charge in [-0.1, -0.05) is 6.07 Å². The average molecular weight is 419 g/mol. The first-order chi connectivity index (χ1) is 10.3. The molecule has 2 aromatic heterocycles. The zero-order valence-electron chi connectivity index (χ0n) is 11.2. The lowest BCUT2D eigenvalue weighted by Gasteiger charge is -2.12. The van der Waals surface area contributed by atoms with Crippen molar-refractivity contribution in [1.29, 1.82) is 0 Å². The van der Waals surface area contributed by atoms with Crippen LogP contribution in [0.15, 0.2) is 36.7 Å². The van der Waals surface area contributed by atoms with Gasteiger partial charge in [0.05, 0.1) is 16.0 Å². The summed E-state index contributed by atoms with van der Waals surface area (Å²) in [6, 6.07) is 6.14. The third-order valence-corrected chi connectivity index (χ3v) is 3.91. The van der Waals surface area contributed by atoms with Crippen molar-refractivity contribution >= 4 is 28.1 Å². The van der Waals surface area contributed by atoms with E-state index >= 15 is 0 Å². The van der Waals surface area contributed by atoms with E-state index in [2.05, 4.69) is 37.5 Å². The number of benzene rings is 1. The van der Waals surface area contributed by atoms with E-state index in [9.17, 15) is 13.2 Å². The van der Waals surface area contributed by atoms with Crippen molar-refractivity contribution in [3.05, 3.63) is 45.8 Å². The molecule has 0 bridgehead atoms. The second-order valence-electron chi connectivity index (χ2n) is 4.64. The predicted molar refractivity (Wildman–Crippen MR) is 82.6 cm³/mol. The number of hydrogen-bond acceptors (Lipinski definition) is 3. The third kappa shape index (κ3) is 3.01. The average Bonchev–Trinajstić information content (AvgIpc) is 2.78. The Hall–Kier alpha value is -1.84. The van der Waals surface area contributed by atoms with E-state index in [0.717, 1.165) is 20.2 Å². The molecule has 3 aromatic rings. The molecule has 0 saturated carbocycles. The van der Waals surface area contributed by atoms with Crippen LogP contribution in [0.5, 0.6) is 5.75 Å². The number of rotatable bonds is 2. The van der Waals surface area contributed by atoms with Crippen molar-refractivity contribution < 1.29 is 17.9 Å². The van der Waals surface area contributed by atoms with Gasteiger partial charge < -0.3 is 4.74 Å². The fourth-order valence-electron chi connectivity index (χ4n) is 2.15. The van der Waals surface area contributed by atoms with Crippen LogP contribution in [0.1, 0.15) is 5.56 Å². The highest BCUT2D eigenvalue weighted by atomic mass is 127. The summed E-state index contributed by atoms with van der Waals surface area (Å²) in [5.74, 6) is -0.235. The maximum Gasteiger partial charge on any atom is 0.573 e. The van der Waals surface area contributed by atoms with E-state index in [-0.39, 0.29) is 5.75 Å². The van der Waals surface area contributed by atoms with Gasteiger partial charge in [0, 0.05) is 5.56 Å². The van der Waals surface area contributed by atoms with Gasteiger partial charge in [-0.3, -0.25) is 0 Å². The number of aromatic nitrogens is 3. The summed E-state index contributed by atoms with van der Waals surface area (Å²) in [6.45, 7) is 1.73. The Labute approximate surface area is 137 Å². The maximum atomic E-state index is 12.2. The summed E-state index contributed by atoms with van der Waals surface area (Å²) in [5, 5.41) is 8.27. The molecule has 0 radical (unpaired) electrons. The van der Waals surface area contributed by atoms with Crippen LogP contribution in [0, 0.1) is 10.5 Å². The van der Waals surface area contributed by atoms with Gasteiger partial charge >= 0.3 is 6.36 Å². The van der Waals surface area contributed by atoms with E-state index in [1.54, 1.807) is 25.4 Å². The number of halogens is 4. The molecular weight excluding hydrogens is 410 g/mol. The molecule has 0 spiro atoms.